The summed E-state index contributed by atoms with van der Waals surface area (Å²) >= 11 is 6.00. The van der Waals surface area contributed by atoms with E-state index in [1.807, 2.05) is 0 Å². The molecule has 6 nitrogen and oxygen atoms in total. The van der Waals surface area contributed by atoms with E-state index in [-0.39, 0.29) is 5.28 Å². The van der Waals surface area contributed by atoms with E-state index < -0.39 is 0 Å². The summed E-state index contributed by atoms with van der Waals surface area (Å²) < 4.78 is 1.72. The normalized spacial score (nSPS) is 18.5. The van der Waals surface area contributed by atoms with E-state index in [2.05, 4.69) is 25.3 Å². The van der Waals surface area contributed by atoms with Gasteiger partial charge in [0, 0.05) is 18.4 Å². The Morgan fingerprint density at radius 3 is 2.50 bits per heavy atom. The molecule has 4 rings (SSSR count). The van der Waals surface area contributed by atoms with Gasteiger partial charge in [-0.1, -0.05) is 0 Å². The van der Waals surface area contributed by atoms with Crippen molar-refractivity contribution in [3.8, 4) is 5.95 Å². The zero-order valence-corrected chi connectivity index (χ0v) is 11.7. The van der Waals surface area contributed by atoms with Gasteiger partial charge in [0.05, 0.1) is 0 Å². The van der Waals surface area contributed by atoms with E-state index in [4.69, 9.17) is 11.6 Å². The number of rotatable bonds is 5. The van der Waals surface area contributed by atoms with E-state index in [0.29, 0.717) is 17.9 Å². The SMILES string of the molecule is Clc1nc(NC(C2CC2)C2CC2)nc(-n2ccnc2)n1. The van der Waals surface area contributed by atoms with Crippen LogP contribution in [0.2, 0.25) is 5.28 Å². The van der Waals surface area contributed by atoms with Gasteiger partial charge >= 0.3 is 0 Å². The lowest BCUT2D eigenvalue weighted by atomic mass is 10.1. The van der Waals surface area contributed by atoms with Crippen LogP contribution >= 0.6 is 11.6 Å². The minimum Gasteiger partial charge on any atom is -0.351 e. The fraction of sp³-hybridized carbons (Fsp3) is 0.538. The predicted molar refractivity (Wildman–Crippen MR) is 74.8 cm³/mol. The molecular formula is C13H15ClN6. The molecule has 104 valence electrons. The lowest BCUT2D eigenvalue weighted by molar-refractivity contribution is 0.562. The second-order valence-electron chi connectivity index (χ2n) is 5.54. The fourth-order valence-electron chi connectivity index (χ4n) is 2.58. The van der Waals surface area contributed by atoms with E-state index in [9.17, 15) is 0 Å². The molecule has 0 bridgehead atoms. The zero-order chi connectivity index (χ0) is 13.5. The van der Waals surface area contributed by atoms with Crippen LogP contribution in [0.3, 0.4) is 0 Å². The Hall–Kier alpha value is -1.69. The molecular weight excluding hydrogens is 276 g/mol. The van der Waals surface area contributed by atoms with Crippen LogP contribution in [0.25, 0.3) is 5.95 Å². The molecule has 2 aromatic heterocycles. The summed E-state index contributed by atoms with van der Waals surface area (Å²) in [7, 11) is 0. The highest BCUT2D eigenvalue weighted by molar-refractivity contribution is 6.28. The number of aromatic nitrogens is 5. The Morgan fingerprint density at radius 2 is 1.90 bits per heavy atom. The quantitative estimate of drug-likeness (QED) is 0.915. The molecule has 2 heterocycles. The smallest absolute Gasteiger partial charge is 0.241 e. The van der Waals surface area contributed by atoms with Gasteiger partial charge in [-0.25, -0.2) is 4.98 Å². The van der Waals surface area contributed by atoms with Crippen LogP contribution in [-0.4, -0.2) is 30.5 Å². The van der Waals surface area contributed by atoms with Gasteiger partial charge in [-0.05, 0) is 49.1 Å². The summed E-state index contributed by atoms with van der Waals surface area (Å²) in [6.45, 7) is 0. The van der Waals surface area contributed by atoms with Gasteiger partial charge in [0.2, 0.25) is 17.2 Å². The van der Waals surface area contributed by atoms with Crippen molar-refractivity contribution in [1.29, 1.82) is 0 Å². The minimum atomic E-state index is 0.205. The molecule has 2 aromatic rings. The Kier molecular flexibility index (Phi) is 2.84. The predicted octanol–water partition coefficient (Wildman–Crippen LogP) is 2.31. The van der Waals surface area contributed by atoms with Crippen molar-refractivity contribution in [2.75, 3.05) is 5.32 Å². The van der Waals surface area contributed by atoms with Crippen molar-refractivity contribution in [3.05, 3.63) is 24.0 Å². The Balaban J connectivity index is 1.60. The zero-order valence-electron chi connectivity index (χ0n) is 10.9. The largest absolute Gasteiger partial charge is 0.351 e. The topological polar surface area (TPSA) is 68.5 Å². The number of nitrogens with zero attached hydrogens (tertiary/aromatic N) is 5. The molecule has 20 heavy (non-hydrogen) atoms. The molecule has 0 spiro atoms. The van der Waals surface area contributed by atoms with Crippen LogP contribution in [0.1, 0.15) is 25.7 Å². The average Bonchev–Trinajstić information content (AvgIpc) is 3.35. The molecule has 0 saturated heterocycles. The number of hydrogen-bond donors (Lipinski definition) is 1. The second kappa shape index (κ2) is 4.70. The summed E-state index contributed by atoms with van der Waals surface area (Å²) in [6.07, 6.45) is 10.3. The molecule has 0 unspecified atom stereocenters. The summed E-state index contributed by atoms with van der Waals surface area (Å²) in [5.41, 5.74) is 0. The van der Waals surface area contributed by atoms with Gasteiger partial charge in [0.25, 0.3) is 0 Å². The van der Waals surface area contributed by atoms with Crippen molar-refractivity contribution < 1.29 is 0 Å². The average molecular weight is 291 g/mol. The van der Waals surface area contributed by atoms with Crippen molar-refractivity contribution in [3.63, 3.8) is 0 Å². The van der Waals surface area contributed by atoms with Crippen LogP contribution in [0.4, 0.5) is 5.95 Å². The highest BCUT2D eigenvalue weighted by Crippen LogP contribution is 2.45. The van der Waals surface area contributed by atoms with Crippen molar-refractivity contribution >= 4 is 17.5 Å². The summed E-state index contributed by atoms with van der Waals surface area (Å²) in [5.74, 6) is 2.61. The van der Waals surface area contributed by atoms with Crippen LogP contribution in [-0.2, 0) is 0 Å². The molecule has 0 aliphatic heterocycles. The first kappa shape index (κ1) is 12.1. The molecule has 2 fully saturated rings. The standard InChI is InChI=1S/C13H15ClN6/c14-11-17-12(16-10(8-1-2-8)9-3-4-9)19-13(18-11)20-6-5-15-7-20/h5-10H,1-4H2,(H,16,17,18,19). The van der Waals surface area contributed by atoms with E-state index in [1.165, 1.54) is 25.7 Å². The number of anilines is 1. The molecule has 0 aromatic carbocycles. The lowest BCUT2D eigenvalue weighted by Gasteiger charge is -2.17. The van der Waals surface area contributed by atoms with Crippen molar-refractivity contribution in [2.24, 2.45) is 11.8 Å². The molecule has 0 radical (unpaired) electrons. The minimum absolute atomic E-state index is 0.205. The Morgan fingerprint density at radius 1 is 1.15 bits per heavy atom. The molecule has 2 aliphatic rings. The first-order valence-electron chi connectivity index (χ1n) is 6.96. The van der Waals surface area contributed by atoms with Gasteiger partial charge in [-0.2, -0.15) is 15.0 Å². The highest BCUT2D eigenvalue weighted by atomic mass is 35.5. The van der Waals surface area contributed by atoms with Crippen LogP contribution in [0, 0.1) is 11.8 Å². The second-order valence-corrected chi connectivity index (χ2v) is 5.88. The molecule has 0 amide bonds. The molecule has 2 saturated carbocycles. The molecule has 1 N–H and O–H groups in total. The maximum Gasteiger partial charge on any atom is 0.241 e. The number of imidazole rings is 1. The monoisotopic (exact) mass is 290 g/mol. The van der Waals surface area contributed by atoms with Gasteiger partial charge in [0.15, 0.2) is 0 Å². The van der Waals surface area contributed by atoms with Gasteiger partial charge in [-0.3, -0.25) is 4.57 Å². The summed E-state index contributed by atoms with van der Waals surface area (Å²) in [4.78, 5) is 16.8. The number of halogens is 1. The van der Waals surface area contributed by atoms with Gasteiger partial charge < -0.3 is 5.32 Å². The molecule has 2 aliphatic carbocycles. The first-order chi connectivity index (χ1) is 9.79. The lowest BCUT2D eigenvalue weighted by Crippen LogP contribution is -2.26. The number of nitrogens with one attached hydrogen (secondary N) is 1. The molecule has 7 heteroatoms. The summed E-state index contributed by atoms with van der Waals surface area (Å²) in [6, 6.07) is 0.490. The number of hydrogen-bond acceptors (Lipinski definition) is 5. The third-order valence-corrected chi connectivity index (χ3v) is 4.06. The van der Waals surface area contributed by atoms with Crippen LogP contribution < -0.4 is 5.32 Å². The van der Waals surface area contributed by atoms with E-state index >= 15 is 0 Å². The third-order valence-electron chi connectivity index (χ3n) is 3.89. The Bertz CT molecular complexity index is 593. The molecule has 0 atom stereocenters. The van der Waals surface area contributed by atoms with Crippen LogP contribution in [0.15, 0.2) is 18.7 Å². The Labute approximate surface area is 121 Å². The maximum absolute atomic E-state index is 6.00. The summed E-state index contributed by atoms with van der Waals surface area (Å²) in [5, 5.41) is 3.67. The third kappa shape index (κ3) is 2.47. The fourth-order valence-corrected chi connectivity index (χ4v) is 2.73. The maximum atomic E-state index is 6.00. The van der Waals surface area contributed by atoms with E-state index in [1.54, 1.807) is 23.3 Å². The van der Waals surface area contributed by atoms with Crippen LogP contribution in [0.5, 0.6) is 0 Å². The van der Waals surface area contributed by atoms with Crippen molar-refractivity contribution in [1.82, 2.24) is 24.5 Å². The van der Waals surface area contributed by atoms with E-state index in [0.717, 1.165) is 11.8 Å². The van der Waals surface area contributed by atoms with Gasteiger partial charge in [0.1, 0.15) is 6.33 Å². The van der Waals surface area contributed by atoms with Gasteiger partial charge in [-0.15, -0.1) is 0 Å². The first-order valence-corrected chi connectivity index (χ1v) is 7.34. The van der Waals surface area contributed by atoms with Crippen molar-refractivity contribution in [2.45, 2.75) is 31.7 Å². The highest BCUT2D eigenvalue weighted by Gasteiger charge is 2.41.